The minimum absolute atomic E-state index is 0.0650. The van der Waals surface area contributed by atoms with Crippen LogP contribution in [-0.2, 0) is 4.43 Å². The second kappa shape index (κ2) is 18.9. The summed E-state index contributed by atoms with van der Waals surface area (Å²) in [7, 11) is -1.57. The van der Waals surface area contributed by atoms with Gasteiger partial charge in [-0.05, 0) is 18.1 Å². The molecule has 198 valence electrons. The van der Waals surface area contributed by atoms with Crippen LogP contribution in [0, 0.1) is 0 Å². The van der Waals surface area contributed by atoms with Crippen molar-refractivity contribution in [3.63, 3.8) is 0 Å². The summed E-state index contributed by atoms with van der Waals surface area (Å²) in [6.07, 6.45) is 21.3. The summed E-state index contributed by atoms with van der Waals surface area (Å²) >= 11 is -2.50. The molecule has 33 heavy (non-hydrogen) atoms. The zero-order chi connectivity index (χ0) is 25.2. The zero-order valence-electron chi connectivity index (χ0n) is 24.1. The van der Waals surface area contributed by atoms with Gasteiger partial charge in [-0.25, -0.2) is 0 Å². The van der Waals surface area contributed by atoms with Crippen LogP contribution >= 0.6 is 0 Å². The van der Waals surface area contributed by atoms with Gasteiger partial charge in [-0.2, -0.15) is 0 Å². The molecule has 0 heterocycles. The van der Waals surface area contributed by atoms with E-state index in [0.717, 1.165) is 13.0 Å². The molecule has 0 fully saturated rings. The Morgan fingerprint density at radius 3 is 1.67 bits per heavy atom. The Bertz CT molecular complexity index is 463. The Morgan fingerprint density at radius 2 is 1.21 bits per heavy atom. The maximum atomic E-state index is 11.3. The van der Waals surface area contributed by atoms with Crippen LogP contribution in [0.1, 0.15) is 125 Å². The summed E-state index contributed by atoms with van der Waals surface area (Å²) in [5, 5.41) is 11.6. The van der Waals surface area contributed by atoms with E-state index in [1.807, 2.05) is 0 Å². The van der Waals surface area contributed by atoms with Crippen LogP contribution in [-0.4, -0.2) is 42.5 Å². The molecule has 0 rings (SSSR count). The summed E-state index contributed by atoms with van der Waals surface area (Å²) in [6, 6.07) is 0. The van der Waals surface area contributed by atoms with E-state index in [1.165, 1.54) is 90.4 Å². The number of rotatable bonds is 21. The van der Waals surface area contributed by atoms with E-state index >= 15 is 0 Å². The quantitative estimate of drug-likeness (QED) is 0.0820. The van der Waals surface area contributed by atoms with E-state index in [4.69, 9.17) is 4.43 Å². The van der Waals surface area contributed by atoms with Crippen molar-refractivity contribution in [2.24, 2.45) is 0 Å². The number of aliphatic hydroxyl groups excluding tert-OH is 1. The smallest absolute Gasteiger partial charge is 0.0604 e. The van der Waals surface area contributed by atoms with Gasteiger partial charge in [-0.15, -0.1) is 0 Å². The molecule has 0 radical (unpaired) electrons. The number of unbranched alkanes of at least 4 members (excludes halogenated alkanes) is 9. The van der Waals surface area contributed by atoms with Crippen molar-refractivity contribution in [3.8, 4) is 0 Å². The first-order valence-corrected chi connectivity index (χ1v) is 25.2. The van der Waals surface area contributed by atoms with Crippen molar-refractivity contribution in [1.29, 1.82) is 0 Å². The second-order valence-corrected chi connectivity index (χ2v) is 30.6. The predicted molar refractivity (Wildman–Crippen MR) is 156 cm³/mol. The van der Waals surface area contributed by atoms with E-state index in [0.29, 0.717) is 5.04 Å². The normalized spacial score (nSPS) is 14.3. The topological polar surface area (TPSA) is 29.5 Å². The van der Waals surface area contributed by atoms with Crippen LogP contribution in [0.25, 0.3) is 0 Å². The first kappa shape index (κ1) is 33.7. The van der Waals surface area contributed by atoms with Gasteiger partial charge in [0.15, 0.2) is 8.32 Å². The third-order valence-corrected chi connectivity index (χ3v) is 28.3. The van der Waals surface area contributed by atoms with Crippen molar-refractivity contribution in [2.45, 2.75) is 161 Å². The van der Waals surface area contributed by atoms with E-state index in [-0.39, 0.29) is 4.12 Å². The number of hydrogen-bond donors (Lipinski definition) is 1. The molecule has 1 atom stereocenters. The Labute approximate surface area is 214 Å². The van der Waals surface area contributed by atoms with Crippen LogP contribution in [0.15, 0.2) is 12.2 Å². The molecule has 2 nitrogen and oxygen atoms in total. The summed E-state index contributed by atoms with van der Waals surface area (Å²) in [4.78, 5) is 0. The maximum absolute atomic E-state index is 11.3. The standard InChI is InChI=1S/C17H35O2Si.3C4H9.Sn/c1-17(2,3)20(4,5)19-16-14-12-10-8-6-7-9-11-13-15-18;3*1-3-4-2;/h11,13,15,18H,6-10,12,14,16H2,1-5H3;3*1,3-4H2,2H3;/b13-11+;;;;. The SMILES string of the molecule is CCC[CH2][Sn]([CH2]CCC)([CH2]CCC)[CH](O)/C=C/CCCCCCCCO[Si](C)(C)C(C)(C)C. The van der Waals surface area contributed by atoms with Gasteiger partial charge in [0.1, 0.15) is 0 Å². The van der Waals surface area contributed by atoms with Crippen molar-refractivity contribution in [2.75, 3.05) is 6.61 Å². The van der Waals surface area contributed by atoms with Crippen molar-refractivity contribution < 1.29 is 9.53 Å². The van der Waals surface area contributed by atoms with Crippen molar-refractivity contribution in [1.82, 2.24) is 0 Å². The van der Waals surface area contributed by atoms with E-state index in [2.05, 4.69) is 66.8 Å². The van der Waals surface area contributed by atoms with Gasteiger partial charge in [-0.1, -0.05) is 20.8 Å². The number of hydrogen-bond acceptors (Lipinski definition) is 2. The molecule has 0 aliphatic carbocycles. The molecule has 1 N–H and O–H groups in total. The van der Waals surface area contributed by atoms with E-state index < -0.39 is 26.7 Å². The van der Waals surface area contributed by atoms with Crippen LogP contribution < -0.4 is 0 Å². The second-order valence-electron chi connectivity index (χ2n) is 12.1. The summed E-state index contributed by atoms with van der Waals surface area (Å²) in [6.45, 7) is 19.5. The van der Waals surface area contributed by atoms with E-state index in [1.54, 1.807) is 0 Å². The molecular formula is C29H62O2SiSn. The molecule has 0 saturated carbocycles. The molecule has 4 heteroatoms. The third-order valence-electron chi connectivity index (χ3n) is 8.06. The molecule has 0 spiro atoms. The summed E-state index contributed by atoms with van der Waals surface area (Å²) in [5.41, 5.74) is 0. The first-order valence-electron chi connectivity index (χ1n) is 14.5. The van der Waals surface area contributed by atoms with Crippen molar-refractivity contribution in [3.05, 3.63) is 12.2 Å². The fraction of sp³-hybridized carbons (Fsp3) is 0.931. The van der Waals surface area contributed by atoms with Gasteiger partial charge in [0.05, 0.1) is 0 Å². The van der Waals surface area contributed by atoms with Crippen LogP contribution in [0.3, 0.4) is 0 Å². The number of aliphatic hydroxyl groups is 1. The molecule has 0 bridgehead atoms. The average Bonchev–Trinajstić information content (AvgIpc) is 2.76. The Hall–Kier alpha value is 0.676. The van der Waals surface area contributed by atoms with E-state index in [9.17, 15) is 5.11 Å². The fourth-order valence-electron chi connectivity index (χ4n) is 4.45. The first-order chi connectivity index (χ1) is 15.6. The molecule has 0 saturated heterocycles. The summed E-state index contributed by atoms with van der Waals surface area (Å²) in [5.74, 6) is 0. The predicted octanol–water partition coefficient (Wildman–Crippen LogP) is 10.0. The number of allylic oxidation sites excluding steroid dienone is 1. The van der Waals surface area contributed by atoms with Gasteiger partial charge >= 0.3 is 168 Å². The molecular weight excluding hydrogens is 527 g/mol. The molecule has 0 aromatic rings. The fourth-order valence-corrected chi connectivity index (χ4v) is 20.8. The molecule has 0 aromatic heterocycles. The molecule has 1 unspecified atom stereocenters. The molecule has 0 aliphatic heterocycles. The zero-order valence-corrected chi connectivity index (χ0v) is 28.0. The minimum Gasteiger partial charge on any atom is -0.0604 e. The molecule has 0 aliphatic rings. The van der Waals surface area contributed by atoms with Gasteiger partial charge < -0.3 is 0 Å². The Kier molecular flexibility index (Phi) is 19.3. The van der Waals surface area contributed by atoms with Crippen LogP contribution in [0.5, 0.6) is 0 Å². The van der Waals surface area contributed by atoms with Gasteiger partial charge in [0.2, 0.25) is 0 Å². The monoisotopic (exact) mass is 590 g/mol. The van der Waals surface area contributed by atoms with Crippen LogP contribution in [0.2, 0.25) is 31.4 Å². The molecule has 0 amide bonds. The average molecular weight is 590 g/mol. The van der Waals surface area contributed by atoms with Crippen molar-refractivity contribution >= 4 is 26.7 Å². The summed E-state index contributed by atoms with van der Waals surface area (Å²) < 4.78 is 10.4. The third kappa shape index (κ3) is 14.7. The Morgan fingerprint density at radius 1 is 0.758 bits per heavy atom. The van der Waals surface area contributed by atoms with Gasteiger partial charge in [0.25, 0.3) is 0 Å². The van der Waals surface area contributed by atoms with Gasteiger partial charge in [-0.3, -0.25) is 0 Å². The minimum atomic E-state index is -2.50. The van der Waals surface area contributed by atoms with Crippen LogP contribution in [0.4, 0.5) is 0 Å². The Balaban J connectivity index is 4.23. The van der Waals surface area contributed by atoms with Gasteiger partial charge in [0, 0.05) is 0 Å². The molecule has 0 aromatic carbocycles.